The molecule has 0 aliphatic rings. The Morgan fingerprint density at radius 3 is 2.38 bits per heavy atom. The van der Waals surface area contributed by atoms with E-state index >= 15 is 0 Å². The molecule has 1 N–H and O–H groups in total. The normalized spacial score (nSPS) is 11.3. The number of aryl methyl sites for hydroxylation is 1. The first-order chi connectivity index (χ1) is 9.93. The third-order valence-corrected chi connectivity index (χ3v) is 4.57. The largest absolute Gasteiger partial charge is 0.356 e. The zero-order chi connectivity index (χ0) is 15.7. The number of nitrogens with one attached hydrogen (secondary N) is 1. The fraction of sp³-hybridized carbons (Fsp3) is 0.533. The predicted octanol–water partition coefficient (Wildman–Crippen LogP) is 3.24. The van der Waals surface area contributed by atoms with Crippen molar-refractivity contribution in [1.82, 2.24) is 5.32 Å². The molecule has 0 unspecified atom stereocenters. The number of amides is 1. The third kappa shape index (κ3) is 7.48. The van der Waals surface area contributed by atoms with Gasteiger partial charge in [-0.25, -0.2) is 8.42 Å². The molecule has 0 heterocycles. The summed E-state index contributed by atoms with van der Waals surface area (Å²) >= 11 is 0. The topological polar surface area (TPSA) is 63.2 Å². The molecule has 1 aromatic carbocycles. The maximum Gasteiger partial charge on any atom is 0.261 e. The van der Waals surface area contributed by atoms with Gasteiger partial charge in [0.1, 0.15) is 0 Å². The first-order valence-corrected chi connectivity index (χ1v) is 9.54. The Kier molecular flexibility index (Phi) is 7.75. The van der Waals surface area contributed by atoms with Gasteiger partial charge in [0.05, 0.1) is 4.90 Å². The fourth-order valence-corrected chi connectivity index (χ4v) is 2.71. The van der Waals surface area contributed by atoms with E-state index in [0.29, 0.717) is 12.8 Å². The van der Waals surface area contributed by atoms with E-state index in [9.17, 15) is 13.2 Å². The summed E-state index contributed by atoms with van der Waals surface area (Å²) in [7, 11) is 1.56. The van der Waals surface area contributed by atoms with Gasteiger partial charge in [-0.1, -0.05) is 38.3 Å². The monoisotopic (exact) mass is 331 g/mol. The van der Waals surface area contributed by atoms with Gasteiger partial charge in [0.25, 0.3) is 9.05 Å². The predicted molar refractivity (Wildman–Crippen MR) is 85.0 cm³/mol. The summed E-state index contributed by atoms with van der Waals surface area (Å²) in [4.78, 5) is 11.7. The maximum atomic E-state index is 11.6. The Bertz CT molecular complexity index is 541. The Hall–Kier alpha value is -1.07. The molecule has 1 rings (SSSR count). The highest BCUT2D eigenvalue weighted by atomic mass is 35.7. The van der Waals surface area contributed by atoms with E-state index in [4.69, 9.17) is 10.7 Å². The quantitative estimate of drug-likeness (QED) is 0.558. The van der Waals surface area contributed by atoms with Crippen LogP contribution in [0.15, 0.2) is 29.2 Å². The second-order valence-electron chi connectivity index (χ2n) is 4.99. The molecule has 0 bridgehead atoms. The van der Waals surface area contributed by atoms with E-state index in [1.165, 1.54) is 25.0 Å². The summed E-state index contributed by atoms with van der Waals surface area (Å²) in [6, 6.07) is 6.29. The number of unbranched alkanes of at least 4 members (excludes halogenated alkanes) is 3. The Morgan fingerprint density at radius 2 is 1.81 bits per heavy atom. The molecule has 0 spiro atoms. The molecule has 1 amide bonds. The van der Waals surface area contributed by atoms with Crippen LogP contribution in [-0.2, 0) is 20.3 Å². The number of benzene rings is 1. The first kappa shape index (κ1) is 18.0. The van der Waals surface area contributed by atoms with Gasteiger partial charge in [0.15, 0.2) is 0 Å². The first-order valence-electron chi connectivity index (χ1n) is 7.24. The molecule has 0 aliphatic carbocycles. The highest BCUT2D eigenvalue weighted by Gasteiger charge is 2.09. The van der Waals surface area contributed by atoms with Gasteiger partial charge in [-0.05, 0) is 30.5 Å². The molecular weight excluding hydrogens is 310 g/mol. The minimum absolute atomic E-state index is 0.0283. The van der Waals surface area contributed by atoms with Crippen LogP contribution in [0, 0.1) is 0 Å². The van der Waals surface area contributed by atoms with Crippen LogP contribution in [0.4, 0.5) is 0 Å². The van der Waals surface area contributed by atoms with Crippen molar-refractivity contribution in [3.8, 4) is 0 Å². The van der Waals surface area contributed by atoms with Crippen molar-refractivity contribution in [3.05, 3.63) is 29.8 Å². The van der Waals surface area contributed by atoms with Crippen LogP contribution in [0.1, 0.15) is 44.6 Å². The number of halogens is 1. The van der Waals surface area contributed by atoms with Gasteiger partial charge >= 0.3 is 0 Å². The number of rotatable bonds is 9. The fourth-order valence-electron chi connectivity index (χ4n) is 1.94. The summed E-state index contributed by atoms with van der Waals surface area (Å²) in [5.74, 6) is 0.0283. The van der Waals surface area contributed by atoms with E-state index in [1.54, 1.807) is 12.1 Å². The second-order valence-corrected chi connectivity index (χ2v) is 7.56. The van der Waals surface area contributed by atoms with Gasteiger partial charge in [-0.3, -0.25) is 4.79 Å². The van der Waals surface area contributed by atoms with E-state index < -0.39 is 9.05 Å². The lowest BCUT2D eigenvalue weighted by Crippen LogP contribution is -2.24. The summed E-state index contributed by atoms with van der Waals surface area (Å²) in [5, 5.41) is 2.89. The number of carbonyl (C=O) groups is 1. The van der Waals surface area contributed by atoms with Crippen molar-refractivity contribution in [2.75, 3.05) is 6.54 Å². The van der Waals surface area contributed by atoms with Gasteiger partial charge in [0, 0.05) is 23.6 Å². The van der Waals surface area contributed by atoms with Gasteiger partial charge in [0.2, 0.25) is 5.91 Å². The molecule has 21 heavy (non-hydrogen) atoms. The molecule has 1 aromatic rings. The summed E-state index contributed by atoms with van der Waals surface area (Å²) in [5.41, 5.74) is 0.917. The second kappa shape index (κ2) is 9.05. The van der Waals surface area contributed by atoms with Crippen LogP contribution in [0.3, 0.4) is 0 Å². The lowest BCUT2D eigenvalue weighted by Gasteiger charge is -2.05. The van der Waals surface area contributed by atoms with E-state index in [2.05, 4.69) is 12.2 Å². The summed E-state index contributed by atoms with van der Waals surface area (Å²) in [6.07, 6.45) is 5.53. The molecule has 118 valence electrons. The Morgan fingerprint density at radius 1 is 1.14 bits per heavy atom. The molecule has 6 heteroatoms. The molecule has 0 aliphatic heterocycles. The van der Waals surface area contributed by atoms with E-state index in [1.807, 2.05) is 0 Å². The smallest absolute Gasteiger partial charge is 0.261 e. The summed E-state index contributed by atoms with van der Waals surface area (Å²) < 4.78 is 22.2. The average molecular weight is 332 g/mol. The van der Waals surface area contributed by atoms with E-state index in [-0.39, 0.29) is 10.8 Å². The van der Waals surface area contributed by atoms with Crippen LogP contribution in [0.2, 0.25) is 0 Å². The van der Waals surface area contributed by atoms with Crippen molar-refractivity contribution in [1.29, 1.82) is 0 Å². The maximum absolute atomic E-state index is 11.6. The van der Waals surface area contributed by atoms with Crippen LogP contribution < -0.4 is 5.32 Å². The Labute approximate surface area is 131 Å². The zero-order valence-electron chi connectivity index (χ0n) is 12.3. The summed E-state index contributed by atoms with van der Waals surface area (Å²) in [6.45, 7) is 2.88. The molecule has 0 atom stereocenters. The van der Waals surface area contributed by atoms with Crippen molar-refractivity contribution < 1.29 is 13.2 Å². The van der Waals surface area contributed by atoms with Crippen molar-refractivity contribution in [2.45, 2.75) is 50.3 Å². The standard InChI is InChI=1S/C15H22ClNO3S/c1-2-3-4-5-12-17-15(18)11-8-13-6-9-14(10-7-13)21(16,19)20/h6-7,9-10H,2-5,8,11-12H2,1H3,(H,17,18). The molecule has 4 nitrogen and oxygen atoms in total. The van der Waals surface area contributed by atoms with Crippen LogP contribution in [0.5, 0.6) is 0 Å². The lowest BCUT2D eigenvalue weighted by molar-refractivity contribution is -0.121. The van der Waals surface area contributed by atoms with Gasteiger partial charge in [-0.15, -0.1) is 0 Å². The third-order valence-electron chi connectivity index (χ3n) is 3.20. The number of carbonyl (C=O) groups excluding carboxylic acids is 1. The molecule has 0 saturated heterocycles. The molecule has 0 saturated carbocycles. The van der Waals surface area contributed by atoms with Crippen molar-refractivity contribution in [2.24, 2.45) is 0 Å². The van der Waals surface area contributed by atoms with E-state index in [0.717, 1.165) is 24.9 Å². The van der Waals surface area contributed by atoms with Crippen LogP contribution in [-0.4, -0.2) is 20.9 Å². The molecule has 0 radical (unpaired) electrons. The number of hydrogen-bond acceptors (Lipinski definition) is 3. The van der Waals surface area contributed by atoms with Crippen LogP contribution >= 0.6 is 10.7 Å². The van der Waals surface area contributed by atoms with Crippen molar-refractivity contribution in [3.63, 3.8) is 0 Å². The van der Waals surface area contributed by atoms with Gasteiger partial charge < -0.3 is 5.32 Å². The lowest BCUT2D eigenvalue weighted by atomic mass is 10.1. The molecular formula is C15H22ClNO3S. The van der Waals surface area contributed by atoms with Crippen molar-refractivity contribution >= 4 is 25.6 Å². The highest BCUT2D eigenvalue weighted by molar-refractivity contribution is 8.13. The molecule has 0 fully saturated rings. The van der Waals surface area contributed by atoms with Gasteiger partial charge in [-0.2, -0.15) is 0 Å². The zero-order valence-corrected chi connectivity index (χ0v) is 13.8. The average Bonchev–Trinajstić information content (AvgIpc) is 2.44. The van der Waals surface area contributed by atoms with Crippen LogP contribution in [0.25, 0.3) is 0 Å². The Balaban J connectivity index is 2.30. The molecule has 0 aromatic heterocycles. The minimum Gasteiger partial charge on any atom is -0.356 e. The SMILES string of the molecule is CCCCCCNC(=O)CCc1ccc(S(=O)(=O)Cl)cc1. The minimum atomic E-state index is -3.68. The highest BCUT2D eigenvalue weighted by Crippen LogP contribution is 2.15. The number of hydrogen-bond donors (Lipinski definition) is 1.